The largest absolute Gasteiger partial charge is 0.379 e. The predicted molar refractivity (Wildman–Crippen MR) is 108 cm³/mol. The van der Waals surface area contributed by atoms with Gasteiger partial charge in [0.25, 0.3) is 5.91 Å². The summed E-state index contributed by atoms with van der Waals surface area (Å²) in [6.07, 6.45) is 0. The molecule has 2 aromatic rings. The van der Waals surface area contributed by atoms with E-state index in [2.05, 4.69) is 0 Å². The molecule has 1 fully saturated rings. The van der Waals surface area contributed by atoms with E-state index in [0.717, 1.165) is 11.1 Å². The molecule has 2 aromatic carbocycles. The van der Waals surface area contributed by atoms with Crippen LogP contribution >= 0.6 is 11.6 Å². The van der Waals surface area contributed by atoms with E-state index in [1.807, 2.05) is 18.2 Å². The van der Waals surface area contributed by atoms with E-state index >= 15 is 0 Å². The van der Waals surface area contributed by atoms with Gasteiger partial charge in [0.1, 0.15) is 0 Å². The number of aryl methyl sites for hydroxylation is 1. The van der Waals surface area contributed by atoms with Crippen molar-refractivity contribution < 1.29 is 17.9 Å². The lowest BCUT2D eigenvalue weighted by Crippen LogP contribution is -2.40. The van der Waals surface area contributed by atoms with Gasteiger partial charge in [-0.2, -0.15) is 4.31 Å². The van der Waals surface area contributed by atoms with Crippen molar-refractivity contribution in [1.29, 1.82) is 0 Å². The van der Waals surface area contributed by atoms with E-state index in [4.69, 9.17) is 16.3 Å². The first-order chi connectivity index (χ1) is 13.3. The molecule has 150 valence electrons. The van der Waals surface area contributed by atoms with Gasteiger partial charge in [-0.05, 0) is 36.2 Å². The zero-order chi connectivity index (χ0) is 20.3. The molecule has 0 spiro atoms. The number of carbonyl (C=O) groups is 1. The first-order valence-corrected chi connectivity index (χ1v) is 10.8. The van der Waals surface area contributed by atoms with Crippen molar-refractivity contribution in [3.63, 3.8) is 0 Å². The van der Waals surface area contributed by atoms with E-state index in [-0.39, 0.29) is 10.8 Å². The molecule has 0 N–H and O–H groups in total. The van der Waals surface area contributed by atoms with Gasteiger partial charge in [-0.1, -0.05) is 35.9 Å². The van der Waals surface area contributed by atoms with E-state index in [1.165, 1.54) is 15.3 Å². The summed E-state index contributed by atoms with van der Waals surface area (Å²) in [4.78, 5) is 14.6. The number of rotatable bonds is 5. The van der Waals surface area contributed by atoms with Crippen molar-refractivity contribution in [3.05, 3.63) is 64.2 Å². The fourth-order valence-corrected chi connectivity index (χ4v) is 4.72. The summed E-state index contributed by atoms with van der Waals surface area (Å²) in [7, 11) is -1.99. The van der Waals surface area contributed by atoms with Crippen LogP contribution in [0.5, 0.6) is 0 Å². The molecule has 3 rings (SSSR count). The number of ether oxygens (including phenoxy) is 1. The Bertz CT molecular complexity index is 972. The molecule has 0 unspecified atom stereocenters. The quantitative estimate of drug-likeness (QED) is 0.743. The van der Waals surface area contributed by atoms with E-state index in [0.29, 0.717) is 43.4 Å². The third-order valence-electron chi connectivity index (χ3n) is 4.76. The molecule has 0 atom stereocenters. The Labute approximate surface area is 170 Å². The number of amides is 1. The maximum atomic E-state index is 13.0. The number of morpholine rings is 1. The molecule has 1 amide bonds. The monoisotopic (exact) mass is 422 g/mol. The van der Waals surface area contributed by atoms with Crippen LogP contribution in [0.4, 0.5) is 0 Å². The molecule has 0 bridgehead atoms. The average Bonchev–Trinajstić information content (AvgIpc) is 2.70. The van der Waals surface area contributed by atoms with Gasteiger partial charge in [-0.15, -0.1) is 0 Å². The van der Waals surface area contributed by atoms with Gasteiger partial charge in [0.2, 0.25) is 10.0 Å². The minimum Gasteiger partial charge on any atom is -0.379 e. The molecule has 1 aliphatic heterocycles. The van der Waals surface area contributed by atoms with Crippen molar-refractivity contribution in [2.75, 3.05) is 33.4 Å². The molecule has 1 saturated heterocycles. The molecule has 6 nitrogen and oxygen atoms in total. The second-order valence-electron chi connectivity index (χ2n) is 6.75. The number of hydrogen-bond acceptors (Lipinski definition) is 4. The first kappa shape index (κ1) is 20.8. The van der Waals surface area contributed by atoms with Gasteiger partial charge in [0.05, 0.1) is 18.1 Å². The second kappa shape index (κ2) is 8.61. The predicted octanol–water partition coefficient (Wildman–Crippen LogP) is 2.94. The summed E-state index contributed by atoms with van der Waals surface area (Å²) < 4.78 is 32.4. The van der Waals surface area contributed by atoms with E-state index in [1.54, 1.807) is 32.2 Å². The van der Waals surface area contributed by atoms with Crippen molar-refractivity contribution in [2.45, 2.75) is 18.4 Å². The maximum absolute atomic E-state index is 13.0. The molecule has 1 aliphatic rings. The van der Waals surface area contributed by atoms with E-state index in [9.17, 15) is 13.2 Å². The lowest BCUT2D eigenvalue weighted by molar-refractivity contribution is 0.0730. The van der Waals surface area contributed by atoms with Crippen molar-refractivity contribution in [3.8, 4) is 0 Å². The molecular weight excluding hydrogens is 400 g/mol. The zero-order valence-corrected chi connectivity index (χ0v) is 17.5. The SMILES string of the molecule is Cc1ccc(S(=O)(=O)N2CCOCC2)cc1C(=O)N(C)Cc1ccccc1Cl. The maximum Gasteiger partial charge on any atom is 0.254 e. The van der Waals surface area contributed by atoms with Crippen LogP contribution in [0.2, 0.25) is 5.02 Å². The molecule has 8 heteroatoms. The number of benzene rings is 2. The highest BCUT2D eigenvalue weighted by molar-refractivity contribution is 7.89. The number of halogens is 1. The van der Waals surface area contributed by atoms with Crippen LogP contribution in [-0.4, -0.2) is 56.9 Å². The summed E-state index contributed by atoms with van der Waals surface area (Å²) in [5.41, 5.74) is 1.91. The van der Waals surface area contributed by atoms with Crippen molar-refractivity contribution in [2.24, 2.45) is 0 Å². The van der Waals surface area contributed by atoms with Gasteiger partial charge in [-0.25, -0.2) is 8.42 Å². The zero-order valence-electron chi connectivity index (χ0n) is 15.9. The Morgan fingerprint density at radius 2 is 1.86 bits per heavy atom. The van der Waals surface area contributed by atoms with Gasteiger partial charge in [0.15, 0.2) is 0 Å². The summed E-state index contributed by atoms with van der Waals surface area (Å²) >= 11 is 6.19. The van der Waals surface area contributed by atoms with E-state index < -0.39 is 10.0 Å². The lowest BCUT2D eigenvalue weighted by atomic mass is 10.1. The minimum absolute atomic E-state index is 0.120. The Kier molecular flexibility index (Phi) is 6.40. The highest BCUT2D eigenvalue weighted by Crippen LogP contribution is 2.23. The van der Waals surface area contributed by atoms with Gasteiger partial charge in [-0.3, -0.25) is 4.79 Å². The number of carbonyl (C=O) groups excluding carboxylic acids is 1. The number of nitrogens with zero attached hydrogens (tertiary/aromatic N) is 2. The van der Waals surface area contributed by atoms with Crippen LogP contribution in [0.15, 0.2) is 47.4 Å². The van der Waals surface area contributed by atoms with Crippen molar-refractivity contribution >= 4 is 27.5 Å². The Balaban J connectivity index is 1.86. The van der Waals surface area contributed by atoms with Crippen molar-refractivity contribution in [1.82, 2.24) is 9.21 Å². The highest BCUT2D eigenvalue weighted by Gasteiger charge is 2.28. The normalized spacial score (nSPS) is 15.4. The third-order valence-corrected chi connectivity index (χ3v) is 7.02. The molecule has 0 saturated carbocycles. The fourth-order valence-electron chi connectivity index (χ4n) is 3.09. The minimum atomic E-state index is -3.66. The summed E-state index contributed by atoms with van der Waals surface area (Å²) in [6, 6.07) is 12.0. The molecular formula is C20H23ClN2O4S. The Morgan fingerprint density at radius 1 is 1.18 bits per heavy atom. The average molecular weight is 423 g/mol. The molecule has 0 radical (unpaired) electrons. The molecule has 28 heavy (non-hydrogen) atoms. The summed E-state index contributed by atoms with van der Waals surface area (Å²) in [5, 5.41) is 0.586. The van der Waals surface area contributed by atoms with Crippen LogP contribution in [0.25, 0.3) is 0 Å². The molecule has 1 heterocycles. The molecule has 0 aliphatic carbocycles. The second-order valence-corrected chi connectivity index (χ2v) is 9.09. The van der Waals surface area contributed by atoms with Crippen LogP contribution in [-0.2, 0) is 21.3 Å². The summed E-state index contributed by atoms with van der Waals surface area (Å²) in [5.74, 6) is -0.253. The standard InChI is InChI=1S/C20H23ClN2O4S/c1-15-7-8-17(28(25,26)23-9-11-27-12-10-23)13-18(15)20(24)22(2)14-16-5-3-4-6-19(16)21/h3-8,13H,9-12,14H2,1-2H3. The Hall–Kier alpha value is -1.93. The lowest BCUT2D eigenvalue weighted by Gasteiger charge is -2.26. The smallest absolute Gasteiger partial charge is 0.254 e. The molecule has 0 aromatic heterocycles. The fraction of sp³-hybridized carbons (Fsp3) is 0.350. The van der Waals surface area contributed by atoms with Gasteiger partial charge >= 0.3 is 0 Å². The Morgan fingerprint density at radius 3 is 2.54 bits per heavy atom. The van der Waals surface area contributed by atoms with Crippen LogP contribution in [0.1, 0.15) is 21.5 Å². The van der Waals surface area contributed by atoms with Gasteiger partial charge in [0, 0.05) is 37.3 Å². The number of sulfonamides is 1. The van der Waals surface area contributed by atoms with Crippen LogP contribution in [0, 0.1) is 6.92 Å². The highest BCUT2D eigenvalue weighted by atomic mass is 35.5. The third kappa shape index (κ3) is 4.38. The van der Waals surface area contributed by atoms with Crippen LogP contribution in [0.3, 0.4) is 0 Å². The summed E-state index contributed by atoms with van der Waals surface area (Å²) in [6.45, 7) is 3.49. The first-order valence-electron chi connectivity index (χ1n) is 8.98. The number of hydrogen-bond donors (Lipinski definition) is 0. The van der Waals surface area contributed by atoms with Crippen LogP contribution < -0.4 is 0 Å². The topological polar surface area (TPSA) is 66.9 Å². The van der Waals surface area contributed by atoms with Gasteiger partial charge < -0.3 is 9.64 Å².